The first-order chi connectivity index (χ1) is 12.4. The molecule has 0 atom stereocenters. The van der Waals surface area contributed by atoms with Crippen LogP contribution in [-0.2, 0) is 19.6 Å². The minimum atomic E-state index is -3.89. The van der Waals surface area contributed by atoms with Crippen LogP contribution >= 0.6 is 11.6 Å². The van der Waals surface area contributed by atoms with Crippen LogP contribution in [0.2, 0.25) is 5.02 Å². The summed E-state index contributed by atoms with van der Waals surface area (Å²) in [6, 6.07) is 10.9. The summed E-state index contributed by atoms with van der Waals surface area (Å²) in [6.45, 7) is 0.973. The lowest BCUT2D eigenvalue weighted by Crippen LogP contribution is -2.41. The van der Waals surface area contributed by atoms with Crippen molar-refractivity contribution in [1.82, 2.24) is 0 Å². The zero-order valence-electron chi connectivity index (χ0n) is 13.9. The summed E-state index contributed by atoms with van der Waals surface area (Å²) in [7, 11) is -2.50. The molecule has 2 aromatic carbocycles. The highest BCUT2D eigenvalue weighted by atomic mass is 35.5. The lowest BCUT2D eigenvalue weighted by Gasteiger charge is -2.27. The van der Waals surface area contributed by atoms with Crippen molar-refractivity contribution in [3.05, 3.63) is 47.5 Å². The van der Waals surface area contributed by atoms with E-state index in [-0.39, 0.29) is 28.2 Å². The first kappa shape index (κ1) is 18.5. The van der Waals surface area contributed by atoms with Gasteiger partial charge in [0.05, 0.1) is 13.7 Å². The second kappa shape index (κ2) is 7.53. The van der Waals surface area contributed by atoms with Gasteiger partial charge in [-0.3, -0.25) is 9.52 Å². The second-order valence-electron chi connectivity index (χ2n) is 5.55. The van der Waals surface area contributed by atoms with Crippen LogP contribution in [0.25, 0.3) is 0 Å². The van der Waals surface area contributed by atoms with Gasteiger partial charge in [0.1, 0.15) is 17.3 Å². The number of sulfonamides is 1. The van der Waals surface area contributed by atoms with E-state index < -0.39 is 10.0 Å². The van der Waals surface area contributed by atoms with Crippen LogP contribution in [0, 0.1) is 0 Å². The molecule has 1 amide bonds. The molecule has 1 saturated heterocycles. The fourth-order valence-corrected chi connectivity index (χ4v) is 4.06. The number of hydrogen-bond acceptors (Lipinski definition) is 5. The molecule has 0 aromatic heterocycles. The lowest BCUT2D eigenvalue weighted by molar-refractivity contribution is -0.125. The summed E-state index contributed by atoms with van der Waals surface area (Å²) in [5.41, 5.74) is 1.04. The van der Waals surface area contributed by atoms with Crippen LogP contribution in [0.4, 0.5) is 11.4 Å². The Morgan fingerprint density at radius 3 is 2.58 bits per heavy atom. The van der Waals surface area contributed by atoms with E-state index in [9.17, 15) is 13.2 Å². The number of hydrogen-bond donors (Lipinski definition) is 1. The van der Waals surface area contributed by atoms with Gasteiger partial charge in [-0.05, 0) is 42.5 Å². The Morgan fingerprint density at radius 1 is 1.19 bits per heavy atom. The summed E-state index contributed by atoms with van der Waals surface area (Å²) in [6.07, 6.45) is 0. The van der Waals surface area contributed by atoms with Gasteiger partial charge in [-0.1, -0.05) is 11.6 Å². The Morgan fingerprint density at radius 2 is 1.92 bits per heavy atom. The molecule has 0 aliphatic carbocycles. The zero-order valence-corrected chi connectivity index (χ0v) is 15.5. The number of benzene rings is 2. The summed E-state index contributed by atoms with van der Waals surface area (Å²) in [5, 5.41) is 0.285. The number of carbonyl (C=O) groups excluding carboxylic acids is 1. The van der Waals surface area contributed by atoms with Gasteiger partial charge in [0, 0.05) is 22.9 Å². The van der Waals surface area contributed by atoms with E-state index in [2.05, 4.69) is 4.72 Å². The van der Waals surface area contributed by atoms with Crippen molar-refractivity contribution in [3.63, 3.8) is 0 Å². The standard InChI is InChI=1S/C17H17ClN2O5S/c1-24-15-7-2-12(18)10-16(15)26(22,23)19-13-3-5-14(6-4-13)20-8-9-25-11-17(20)21/h2-7,10,19H,8-9,11H2,1H3. The number of nitrogens with one attached hydrogen (secondary N) is 1. The van der Waals surface area contributed by atoms with E-state index in [1.54, 1.807) is 35.2 Å². The average molecular weight is 397 g/mol. The molecular weight excluding hydrogens is 380 g/mol. The fourth-order valence-electron chi connectivity index (χ4n) is 2.57. The van der Waals surface area contributed by atoms with Crippen LogP contribution in [0.15, 0.2) is 47.4 Å². The number of halogens is 1. The van der Waals surface area contributed by atoms with E-state index >= 15 is 0 Å². The number of amides is 1. The summed E-state index contributed by atoms with van der Waals surface area (Å²) < 4.78 is 38.0. The van der Waals surface area contributed by atoms with Crippen molar-refractivity contribution in [2.75, 3.05) is 36.5 Å². The highest BCUT2D eigenvalue weighted by Crippen LogP contribution is 2.29. The van der Waals surface area contributed by atoms with Crippen LogP contribution in [-0.4, -0.2) is 41.2 Å². The lowest BCUT2D eigenvalue weighted by atomic mass is 10.2. The van der Waals surface area contributed by atoms with Gasteiger partial charge in [-0.2, -0.15) is 0 Å². The normalized spacial score (nSPS) is 15.0. The summed E-state index contributed by atoms with van der Waals surface area (Å²) in [4.78, 5) is 13.4. The average Bonchev–Trinajstić information content (AvgIpc) is 2.63. The van der Waals surface area contributed by atoms with Gasteiger partial charge in [0.25, 0.3) is 15.9 Å². The van der Waals surface area contributed by atoms with Gasteiger partial charge in [-0.15, -0.1) is 0 Å². The smallest absolute Gasteiger partial charge is 0.265 e. The quantitative estimate of drug-likeness (QED) is 0.839. The van der Waals surface area contributed by atoms with Crippen molar-refractivity contribution in [1.29, 1.82) is 0 Å². The highest BCUT2D eigenvalue weighted by Gasteiger charge is 2.22. The number of anilines is 2. The van der Waals surface area contributed by atoms with Crippen molar-refractivity contribution < 1.29 is 22.7 Å². The topological polar surface area (TPSA) is 84.9 Å². The van der Waals surface area contributed by atoms with E-state index in [1.807, 2.05) is 0 Å². The number of rotatable bonds is 5. The minimum absolute atomic E-state index is 0.0446. The Kier molecular flexibility index (Phi) is 5.36. The summed E-state index contributed by atoms with van der Waals surface area (Å²) >= 11 is 5.91. The van der Waals surface area contributed by atoms with Gasteiger partial charge >= 0.3 is 0 Å². The number of methoxy groups -OCH3 is 1. The molecule has 0 radical (unpaired) electrons. The van der Waals surface area contributed by atoms with E-state index in [0.717, 1.165) is 0 Å². The molecule has 1 N–H and O–H groups in total. The third-order valence-electron chi connectivity index (χ3n) is 3.83. The van der Waals surface area contributed by atoms with E-state index in [1.165, 1.54) is 19.2 Å². The van der Waals surface area contributed by atoms with E-state index in [0.29, 0.717) is 24.5 Å². The Bertz CT molecular complexity index is 915. The van der Waals surface area contributed by atoms with Gasteiger partial charge in [0.15, 0.2) is 0 Å². The van der Waals surface area contributed by atoms with Crippen LogP contribution < -0.4 is 14.4 Å². The molecule has 1 aliphatic heterocycles. The molecule has 3 rings (SSSR count). The maximum absolute atomic E-state index is 12.6. The molecule has 9 heteroatoms. The molecule has 0 bridgehead atoms. The third-order valence-corrected chi connectivity index (χ3v) is 5.47. The molecule has 1 aliphatic rings. The van der Waals surface area contributed by atoms with Crippen LogP contribution in [0.1, 0.15) is 0 Å². The van der Waals surface area contributed by atoms with Crippen LogP contribution in [0.3, 0.4) is 0 Å². The maximum Gasteiger partial charge on any atom is 0.265 e. The molecule has 1 heterocycles. The monoisotopic (exact) mass is 396 g/mol. The van der Waals surface area contributed by atoms with E-state index in [4.69, 9.17) is 21.1 Å². The van der Waals surface area contributed by atoms with Crippen LogP contribution in [0.5, 0.6) is 5.75 Å². The predicted octanol–water partition coefficient (Wildman–Crippen LogP) is 2.51. The third kappa shape index (κ3) is 3.92. The summed E-state index contributed by atoms with van der Waals surface area (Å²) in [5.74, 6) is 0.0608. The van der Waals surface area contributed by atoms with Crippen molar-refractivity contribution >= 4 is 38.9 Å². The molecular formula is C17H17ClN2O5S. The first-order valence-corrected chi connectivity index (χ1v) is 9.61. The van der Waals surface area contributed by atoms with Gasteiger partial charge in [0.2, 0.25) is 0 Å². The maximum atomic E-state index is 12.6. The zero-order chi connectivity index (χ0) is 18.7. The molecule has 7 nitrogen and oxygen atoms in total. The van der Waals surface area contributed by atoms with Crippen molar-refractivity contribution in [2.24, 2.45) is 0 Å². The fraction of sp³-hybridized carbons (Fsp3) is 0.235. The molecule has 0 spiro atoms. The predicted molar refractivity (Wildman–Crippen MR) is 98.4 cm³/mol. The number of morpholine rings is 1. The molecule has 26 heavy (non-hydrogen) atoms. The minimum Gasteiger partial charge on any atom is -0.495 e. The second-order valence-corrected chi connectivity index (χ2v) is 7.63. The van der Waals surface area contributed by atoms with Gasteiger partial charge < -0.3 is 14.4 Å². The Hall–Kier alpha value is -2.29. The molecule has 0 saturated carbocycles. The molecule has 1 fully saturated rings. The van der Waals surface area contributed by atoms with Crippen molar-refractivity contribution in [2.45, 2.75) is 4.90 Å². The number of ether oxygens (including phenoxy) is 2. The highest BCUT2D eigenvalue weighted by molar-refractivity contribution is 7.92. The number of nitrogens with zero attached hydrogens (tertiary/aromatic N) is 1. The molecule has 138 valence electrons. The Balaban J connectivity index is 1.82. The Labute approximate surface area is 156 Å². The SMILES string of the molecule is COc1ccc(Cl)cc1S(=O)(=O)Nc1ccc(N2CCOCC2=O)cc1. The number of carbonyl (C=O) groups is 1. The largest absolute Gasteiger partial charge is 0.495 e. The molecule has 2 aromatic rings. The van der Waals surface area contributed by atoms with Crippen molar-refractivity contribution in [3.8, 4) is 5.75 Å². The van der Waals surface area contributed by atoms with Gasteiger partial charge in [-0.25, -0.2) is 8.42 Å². The first-order valence-electron chi connectivity index (χ1n) is 7.75. The molecule has 0 unspecified atom stereocenters.